The summed E-state index contributed by atoms with van der Waals surface area (Å²) in [6, 6.07) is 13.9. The molecular formula is C23H22N2O5. The van der Waals surface area contributed by atoms with Gasteiger partial charge < -0.3 is 19.7 Å². The van der Waals surface area contributed by atoms with Gasteiger partial charge in [0.25, 0.3) is 11.8 Å². The van der Waals surface area contributed by atoms with Crippen molar-refractivity contribution >= 4 is 23.5 Å². The van der Waals surface area contributed by atoms with Gasteiger partial charge in [0.2, 0.25) is 0 Å². The second kappa shape index (κ2) is 6.58. The number of carbonyl (C=O) groups excluding carboxylic acids is 3. The summed E-state index contributed by atoms with van der Waals surface area (Å²) < 4.78 is 11.3. The third-order valence-corrected chi connectivity index (χ3v) is 6.51. The SMILES string of the molecule is CCOC(=O)[C@H]1[C@H]2COc3ccccc3[C@@H]2N2C(=O)c3ccccc3NC(=O)[C@@]12C. The number of amides is 2. The monoisotopic (exact) mass is 406 g/mol. The van der Waals surface area contributed by atoms with Crippen molar-refractivity contribution in [3.63, 3.8) is 0 Å². The minimum atomic E-state index is -1.42. The Bertz CT molecular complexity index is 1070. The largest absolute Gasteiger partial charge is 0.493 e. The molecule has 0 radical (unpaired) electrons. The zero-order valence-electron chi connectivity index (χ0n) is 16.8. The van der Waals surface area contributed by atoms with Crippen LogP contribution < -0.4 is 10.1 Å². The smallest absolute Gasteiger partial charge is 0.312 e. The lowest BCUT2D eigenvalue weighted by Gasteiger charge is -2.38. The maximum atomic E-state index is 13.8. The van der Waals surface area contributed by atoms with E-state index in [1.165, 1.54) is 0 Å². The zero-order chi connectivity index (χ0) is 21.0. The van der Waals surface area contributed by atoms with Crippen molar-refractivity contribution in [2.45, 2.75) is 25.4 Å². The van der Waals surface area contributed by atoms with E-state index >= 15 is 0 Å². The van der Waals surface area contributed by atoms with Gasteiger partial charge in [-0.3, -0.25) is 14.4 Å². The number of esters is 1. The lowest BCUT2D eigenvalue weighted by molar-refractivity contribution is -0.155. The summed E-state index contributed by atoms with van der Waals surface area (Å²) in [5, 5.41) is 2.88. The summed E-state index contributed by atoms with van der Waals surface area (Å²) in [6.45, 7) is 3.80. The van der Waals surface area contributed by atoms with Crippen molar-refractivity contribution in [3.8, 4) is 5.75 Å². The summed E-state index contributed by atoms with van der Waals surface area (Å²) in [5.41, 5.74) is 0.232. The highest BCUT2D eigenvalue weighted by Gasteiger charge is 2.67. The first-order valence-electron chi connectivity index (χ1n) is 10.1. The molecule has 1 N–H and O–H groups in total. The molecule has 0 saturated carbocycles. The summed E-state index contributed by atoms with van der Waals surface area (Å²) >= 11 is 0. The summed E-state index contributed by atoms with van der Waals surface area (Å²) in [6.07, 6.45) is 0. The number of rotatable bonds is 2. The van der Waals surface area contributed by atoms with E-state index in [2.05, 4.69) is 5.32 Å². The van der Waals surface area contributed by atoms with E-state index in [1.54, 1.807) is 43.0 Å². The van der Waals surface area contributed by atoms with Gasteiger partial charge in [-0.1, -0.05) is 30.3 Å². The number of para-hydroxylation sites is 2. The maximum absolute atomic E-state index is 13.8. The molecule has 3 heterocycles. The van der Waals surface area contributed by atoms with Crippen LogP contribution in [0.5, 0.6) is 5.75 Å². The summed E-state index contributed by atoms with van der Waals surface area (Å²) in [5.74, 6) is -1.76. The van der Waals surface area contributed by atoms with Crippen LogP contribution in [0.1, 0.15) is 35.8 Å². The number of ether oxygens (including phenoxy) is 2. The molecule has 0 spiro atoms. The van der Waals surface area contributed by atoms with Gasteiger partial charge in [-0.05, 0) is 32.0 Å². The molecule has 1 saturated heterocycles. The summed E-state index contributed by atoms with van der Waals surface area (Å²) in [7, 11) is 0. The Labute approximate surface area is 174 Å². The number of hydrogen-bond donors (Lipinski definition) is 1. The van der Waals surface area contributed by atoms with Crippen LogP contribution in [-0.2, 0) is 14.3 Å². The summed E-state index contributed by atoms with van der Waals surface area (Å²) in [4.78, 5) is 42.0. The topological polar surface area (TPSA) is 84.9 Å². The molecule has 2 amide bonds. The fourth-order valence-corrected chi connectivity index (χ4v) is 5.21. The molecule has 3 aliphatic heterocycles. The second-order valence-corrected chi connectivity index (χ2v) is 8.01. The molecule has 0 unspecified atom stereocenters. The molecule has 1 fully saturated rings. The van der Waals surface area contributed by atoms with Crippen molar-refractivity contribution < 1.29 is 23.9 Å². The van der Waals surface area contributed by atoms with Crippen LogP contribution in [0.2, 0.25) is 0 Å². The van der Waals surface area contributed by atoms with Crippen LogP contribution in [0.15, 0.2) is 48.5 Å². The Morgan fingerprint density at radius 1 is 1.20 bits per heavy atom. The third kappa shape index (κ3) is 2.35. The number of benzene rings is 2. The Kier molecular flexibility index (Phi) is 4.10. The molecule has 2 aromatic rings. The second-order valence-electron chi connectivity index (χ2n) is 8.01. The van der Waals surface area contributed by atoms with Crippen LogP contribution in [0.25, 0.3) is 0 Å². The predicted octanol–water partition coefficient (Wildman–Crippen LogP) is 2.78. The Balaban J connectivity index is 1.75. The molecular weight excluding hydrogens is 384 g/mol. The van der Waals surface area contributed by atoms with Crippen molar-refractivity contribution in [3.05, 3.63) is 59.7 Å². The fourth-order valence-electron chi connectivity index (χ4n) is 5.21. The molecule has 30 heavy (non-hydrogen) atoms. The number of carbonyl (C=O) groups is 3. The Morgan fingerprint density at radius 3 is 2.73 bits per heavy atom. The number of anilines is 1. The number of hydrogen-bond acceptors (Lipinski definition) is 5. The molecule has 0 aliphatic carbocycles. The average molecular weight is 406 g/mol. The molecule has 5 rings (SSSR count). The van der Waals surface area contributed by atoms with Crippen LogP contribution in [0.3, 0.4) is 0 Å². The minimum absolute atomic E-state index is 0.191. The standard InChI is InChI=1S/C23H22N2O5/c1-3-29-21(27)18-15-12-30-17-11-7-5-9-14(17)19(15)25-20(26)13-8-4-6-10-16(13)24-22(28)23(18,25)2/h4-11,15,18-19H,3,12H2,1-2H3,(H,24,28)/t15-,18-,19+,23-/m1/s1. The van der Waals surface area contributed by atoms with Crippen molar-refractivity contribution in [1.29, 1.82) is 0 Å². The Morgan fingerprint density at radius 2 is 1.93 bits per heavy atom. The molecule has 0 aromatic heterocycles. The van der Waals surface area contributed by atoms with E-state index in [4.69, 9.17) is 9.47 Å². The molecule has 7 heteroatoms. The van der Waals surface area contributed by atoms with E-state index in [0.29, 0.717) is 17.0 Å². The van der Waals surface area contributed by atoms with Crippen LogP contribution in [-0.4, -0.2) is 41.4 Å². The minimum Gasteiger partial charge on any atom is -0.493 e. The van der Waals surface area contributed by atoms with E-state index < -0.39 is 35.3 Å². The average Bonchev–Trinajstić information content (AvgIpc) is 2.99. The highest BCUT2D eigenvalue weighted by atomic mass is 16.5. The van der Waals surface area contributed by atoms with E-state index in [1.807, 2.05) is 24.3 Å². The van der Waals surface area contributed by atoms with Crippen LogP contribution >= 0.6 is 0 Å². The highest BCUT2D eigenvalue weighted by Crippen LogP contribution is 2.56. The van der Waals surface area contributed by atoms with Gasteiger partial charge in [0.15, 0.2) is 0 Å². The van der Waals surface area contributed by atoms with Gasteiger partial charge in [0, 0.05) is 11.5 Å². The molecule has 3 aliphatic rings. The van der Waals surface area contributed by atoms with Crippen molar-refractivity contribution in [2.24, 2.45) is 11.8 Å². The van der Waals surface area contributed by atoms with Gasteiger partial charge in [-0.15, -0.1) is 0 Å². The lowest BCUT2D eigenvalue weighted by atomic mass is 9.77. The third-order valence-electron chi connectivity index (χ3n) is 6.51. The van der Waals surface area contributed by atoms with E-state index in [-0.39, 0.29) is 19.1 Å². The van der Waals surface area contributed by atoms with Crippen molar-refractivity contribution in [1.82, 2.24) is 4.90 Å². The molecule has 2 aromatic carbocycles. The first-order valence-corrected chi connectivity index (χ1v) is 10.1. The molecule has 7 nitrogen and oxygen atoms in total. The first kappa shape index (κ1) is 18.7. The van der Waals surface area contributed by atoms with Crippen molar-refractivity contribution in [2.75, 3.05) is 18.5 Å². The molecule has 4 atom stereocenters. The molecule has 0 bridgehead atoms. The van der Waals surface area contributed by atoms with E-state index in [0.717, 1.165) is 5.56 Å². The number of nitrogens with one attached hydrogen (secondary N) is 1. The maximum Gasteiger partial charge on any atom is 0.312 e. The number of nitrogens with zero attached hydrogens (tertiary/aromatic N) is 1. The van der Waals surface area contributed by atoms with Crippen LogP contribution in [0, 0.1) is 11.8 Å². The molecule has 154 valence electrons. The van der Waals surface area contributed by atoms with E-state index in [9.17, 15) is 14.4 Å². The van der Waals surface area contributed by atoms with Gasteiger partial charge >= 0.3 is 5.97 Å². The Hall–Kier alpha value is -3.35. The highest BCUT2D eigenvalue weighted by molar-refractivity contribution is 6.13. The van der Waals surface area contributed by atoms with Gasteiger partial charge in [0.1, 0.15) is 11.3 Å². The number of fused-ring (bicyclic) bond motifs is 6. The fraction of sp³-hybridized carbons (Fsp3) is 0.348. The normalized spacial score (nSPS) is 28.9. The lowest BCUT2D eigenvalue weighted by Crippen LogP contribution is -2.57. The quantitative estimate of drug-likeness (QED) is 0.776. The predicted molar refractivity (Wildman–Crippen MR) is 108 cm³/mol. The van der Waals surface area contributed by atoms with Gasteiger partial charge in [-0.2, -0.15) is 0 Å². The zero-order valence-corrected chi connectivity index (χ0v) is 16.8. The van der Waals surface area contributed by atoms with Gasteiger partial charge in [-0.25, -0.2) is 0 Å². The first-order chi connectivity index (χ1) is 14.5. The van der Waals surface area contributed by atoms with Crippen LogP contribution in [0.4, 0.5) is 5.69 Å². The van der Waals surface area contributed by atoms with Gasteiger partial charge in [0.05, 0.1) is 36.4 Å².